The predicted octanol–water partition coefficient (Wildman–Crippen LogP) is 20.1. The lowest BCUT2D eigenvalue weighted by atomic mass is 10.0. The second-order valence-electron chi connectivity index (χ2n) is 17.6. The third kappa shape index (κ3) is 24.4. The third-order valence-corrected chi connectivity index (χ3v) is 11.0. The van der Waals surface area contributed by atoms with E-state index in [9.17, 15) is 0 Å². The summed E-state index contributed by atoms with van der Waals surface area (Å²) >= 11 is 9.42. The minimum absolute atomic E-state index is 0. The van der Waals surface area contributed by atoms with Gasteiger partial charge in [-0.05, 0) is 109 Å². The van der Waals surface area contributed by atoms with E-state index in [1.807, 2.05) is 24.3 Å². The van der Waals surface area contributed by atoms with Crippen LogP contribution in [-0.2, 0) is 0 Å². The maximum absolute atomic E-state index is 5.92. The van der Waals surface area contributed by atoms with Gasteiger partial charge in [0.2, 0.25) is 0 Å². The van der Waals surface area contributed by atoms with Crippen LogP contribution in [0, 0.1) is 27.7 Å². The standard InChI is InChI=1S/4C10H14.C9H11Br.C9H11Cl.CH4/c2*1-8(2)10-6-4-9(3)5-7-10;2*1-8(2)10-6-4-5-9(3)7-10;2*1-7(2)8-5-3-4-6-9(8)10;/h4*4-8H,1-3H3;2*3-7H,1-2H3;1H4. The second kappa shape index (κ2) is 31.0. The topological polar surface area (TPSA) is 0 Å². The Labute approximate surface area is 389 Å². The van der Waals surface area contributed by atoms with Gasteiger partial charge in [0.05, 0.1) is 0 Å². The van der Waals surface area contributed by atoms with Crippen molar-refractivity contribution in [1.29, 1.82) is 0 Å². The van der Waals surface area contributed by atoms with Crippen LogP contribution >= 0.6 is 27.5 Å². The molecule has 0 aromatic heterocycles. The van der Waals surface area contributed by atoms with Crippen molar-refractivity contribution in [3.8, 4) is 0 Å². The summed E-state index contributed by atoms with van der Waals surface area (Å²) in [6.07, 6.45) is 0. The summed E-state index contributed by atoms with van der Waals surface area (Å²) < 4.78 is 1.21. The van der Waals surface area contributed by atoms with E-state index in [4.69, 9.17) is 11.6 Å². The summed E-state index contributed by atoms with van der Waals surface area (Å²) in [5.41, 5.74) is 13.7. The molecule has 0 N–H and O–H groups in total. The van der Waals surface area contributed by atoms with Crippen molar-refractivity contribution in [2.75, 3.05) is 0 Å². The van der Waals surface area contributed by atoms with Crippen molar-refractivity contribution in [2.45, 2.75) is 154 Å². The highest BCUT2D eigenvalue weighted by Crippen LogP contribution is 2.24. The van der Waals surface area contributed by atoms with E-state index in [-0.39, 0.29) is 7.43 Å². The summed E-state index contributed by atoms with van der Waals surface area (Å²) in [6, 6.07) is 51.0. The molecule has 0 saturated heterocycles. The molecule has 6 rings (SSSR count). The van der Waals surface area contributed by atoms with Crippen LogP contribution in [0.15, 0.2) is 150 Å². The summed E-state index contributed by atoms with van der Waals surface area (Å²) in [7, 11) is 0. The summed E-state index contributed by atoms with van der Waals surface area (Å²) in [5.74, 6) is 3.74. The van der Waals surface area contributed by atoms with Gasteiger partial charge in [0.15, 0.2) is 0 Å². The zero-order valence-electron chi connectivity index (χ0n) is 40.1. The first-order valence-electron chi connectivity index (χ1n) is 22.0. The van der Waals surface area contributed by atoms with Crippen molar-refractivity contribution in [3.05, 3.63) is 211 Å². The molecule has 61 heavy (non-hydrogen) atoms. The molecule has 0 bridgehead atoms. The molecule has 0 spiro atoms. The molecule has 0 saturated carbocycles. The van der Waals surface area contributed by atoms with E-state index in [1.165, 1.54) is 60.1 Å². The first kappa shape index (κ1) is 57.1. The Morgan fingerprint density at radius 2 is 0.656 bits per heavy atom. The largest absolute Gasteiger partial charge is 0.0840 e. The first-order chi connectivity index (χ1) is 28.2. The Morgan fingerprint density at radius 1 is 0.328 bits per heavy atom. The van der Waals surface area contributed by atoms with Crippen LogP contribution in [0.25, 0.3) is 0 Å². The lowest BCUT2D eigenvalue weighted by Gasteiger charge is -2.06. The van der Waals surface area contributed by atoms with Gasteiger partial charge in [0.1, 0.15) is 0 Å². The minimum atomic E-state index is 0. The van der Waals surface area contributed by atoms with Crippen LogP contribution in [0.1, 0.15) is 182 Å². The quantitative estimate of drug-likeness (QED) is 0.156. The molecule has 0 nitrogen and oxygen atoms in total. The number of hydrogen-bond acceptors (Lipinski definition) is 0. The van der Waals surface area contributed by atoms with Crippen LogP contribution in [0.4, 0.5) is 0 Å². The van der Waals surface area contributed by atoms with E-state index in [2.05, 4.69) is 248 Å². The fourth-order valence-electron chi connectivity index (χ4n) is 5.85. The Bertz CT molecular complexity index is 1870. The monoisotopic (exact) mass is 905 g/mol. The number of halogens is 2. The molecule has 332 valence electrons. The highest BCUT2D eigenvalue weighted by Gasteiger charge is 2.03. The molecule has 0 aliphatic rings. The molecule has 0 radical (unpaired) electrons. The van der Waals surface area contributed by atoms with E-state index in [0.717, 1.165) is 5.02 Å². The Hall–Kier alpha value is -3.91. The van der Waals surface area contributed by atoms with Gasteiger partial charge >= 0.3 is 0 Å². The summed E-state index contributed by atoms with van der Waals surface area (Å²) in [4.78, 5) is 0. The highest BCUT2D eigenvalue weighted by molar-refractivity contribution is 9.10. The van der Waals surface area contributed by atoms with E-state index >= 15 is 0 Å². The van der Waals surface area contributed by atoms with E-state index < -0.39 is 0 Å². The van der Waals surface area contributed by atoms with Crippen molar-refractivity contribution in [3.63, 3.8) is 0 Å². The lowest BCUT2D eigenvalue weighted by Crippen LogP contribution is -1.86. The maximum atomic E-state index is 5.92. The molecule has 0 aliphatic carbocycles. The number of hydrogen-bond donors (Lipinski definition) is 0. The Morgan fingerprint density at radius 3 is 0.902 bits per heavy atom. The molecule has 0 aliphatic heterocycles. The number of rotatable bonds is 6. The fraction of sp³-hybridized carbons (Fsp3) is 0.390. The number of benzene rings is 6. The zero-order chi connectivity index (χ0) is 45.4. The summed E-state index contributed by atoms with van der Waals surface area (Å²) in [5, 5.41) is 0.873. The molecule has 0 atom stereocenters. The normalized spacial score (nSPS) is 10.2. The van der Waals surface area contributed by atoms with Crippen molar-refractivity contribution >= 4 is 27.5 Å². The van der Waals surface area contributed by atoms with Gasteiger partial charge in [-0.2, -0.15) is 0 Å². The van der Waals surface area contributed by atoms with E-state index in [0.29, 0.717) is 35.5 Å². The van der Waals surface area contributed by atoms with Crippen LogP contribution in [0.3, 0.4) is 0 Å². The minimum Gasteiger partial charge on any atom is -0.0840 e. The Balaban J connectivity index is 0.000000706. The van der Waals surface area contributed by atoms with Crippen molar-refractivity contribution in [2.24, 2.45) is 0 Å². The average Bonchev–Trinajstić information content (AvgIpc) is 3.19. The van der Waals surface area contributed by atoms with Crippen LogP contribution in [0.2, 0.25) is 5.02 Å². The van der Waals surface area contributed by atoms with Crippen molar-refractivity contribution < 1.29 is 0 Å². The highest BCUT2D eigenvalue weighted by atomic mass is 79.9. The SMILES string of the molecule is C.CC(C)c1ccccc1Br.CC(C)c1ccccc1Cl.Cc1ccc(C(C)C)cc1.Cc1ccc(C(C)C)cc1.Cc1cccc(C(C)C)c1.Cc1cccc(C(C)C)c1. The third-order valence-electron chi connectivity index (χ3n) is 9.96. The van der Waals surface area contributed by atoms with Gasteiger partial charge in [0.25, 0.3) is 0 Å². The maximum Gasteiger partial charge on any atom is 0.0440 e. The first-order valence-corrected chi connectivity index (χ1v) is 23.1. The van der Waals surface area contributed by atoms with Crippen LogP contribution in [-0.4, -0.2) is 0 Å². The molecule has 0 unspecified atom stereocenters. The van der Waals surface area contributed by atoms with Gasteiger partial charge in [-0.3, -0.25) is 0 Å². The molecular formula is C59H82BrCl. The molecule has 2 heteroatoms. The molecular weight excluding hydrogens is 824 g/mol. The van der Waals surface area contributed by atoms with Gasteiger partial charge in [-0.1, -0.05) is 274 Å². The average molecular weight is 907 g/mol. The lowest BCUT2D eigenvalue weighted by molar-refractivity contribution is 0.861. The van der Waals surface area contributed by atoms with Gasteiger partial charge in [-0.15, -0.1) is 0 Å². The van der Waals surface area contributed by atoms with Gasteiger partial charge in [0, 0.05) is 9.50 Å². The van der Waals surface area contributed by atoms with Crippen molar-refractivity contribution in [1.82, 2.24) is 0 Å². The zero-order valence-corrected chi connectivity index (χ0v) is 42.4. The predicted molar refractivity (Wildman–Crippen MR) is 282 cm³/mol. The Kier molecular flexibility index (Phi) is 29.0. The van der Waals surface area contributed by atoms with E-state index in [1.54, 1.807) is 0 Å². The smallest absolute Gasteiger partial charge is 0.0440 e. The van der Waals surface area contributed by atoms with Gasteiger partial charge < -0.3 is 0 Å². The molecule has 6 aromatic rings. The van der Waals surface area contributed by atoms with Crippen LogP contribution in [0.5, 0.6) is 0 Å². The molecule has 0 fully saturated rings. The second-order valence-corrected chi connectivity index (χ2v) is 18.9. The number of aryl methyl sites for hydroxylation is 4. The fourth-order valence-corrected chi connectivity index (χ4v) is 6.94. The molecule has 0 heterocycles. The van der Waals surface area contributed by atoms with Gasteiger partial charge in [-0.25, -0.2) is 0 Å². The molecule has 6 aromatic carbocycles. The molecule has 0 amide bonds. The van der Waals surface area contributed by atoms with Crippen LogP contribution < -0.4 is 0 Å². The summed E-state index contributed by atoms with van der Waals surface area (Å²) in [6.45, 7) is 34.9.